The van der Waals surface area contributed by atoms with Crippen LogP contribution in [0.2, 0.25) is 0 Å². The van der Waals surface area contributed by atoms with Crippen molar-refractivity contribution >= 4 is 15.9 Å². The number of halogens is 2. The second-order valence-corrected chi connectivity index (χ2v) is 4.90. The molecule has 1 aromatic rings. The molecule has 0 radical (unpaired) electrons. The van der Waals surface area contributed by atoms with Crippen LogP contribution in [0.4, 0.5) is 4.39 Å². The molecule has 88 valence electrons. The molecule has 0 bridgehead atoms. The van der Waals surface area contributed by atoms with Crippen molar-refractivity contribution in [3.05, 3.63) is 21.9 Å². The van der Waals surface area contributed by atoms with E-state index in [1.54, 1.807) is 0 Å². The summed E-state index contributed by atoms with van der Waals surface area (Å²) in [6.07, 6.45) is 1.55. The van der Waals surface area contributed by atoms with Crippen LogP contribution >= 0.6 is 15.9 Å². The van der Waals surface area contributed by atoms with Gasteiger partial charge < -0.3 is 14.9 Å². The molecular formula is C11H12BrFO3. The van der Waals surface area contributed by atoms with Crippen molar-refractivity contribution < 1.29 is 19.3 Å². The second-order valence-electron chi connectivity index (χ2n) is 4.10. The molecule has 0 heterocycles. The Morgan fingerprint density at radius 1 is 1.56 bits per heavy atom. The minimum atomic E-state index is -0.801. The molecular weight excluding hydrogens is 279 g/mol. The Hall–Kier alpha value is -0.810. The zero-order valence-corrected chi connectivity index (χ0v) is 10.3. The zero-order valence-electron chi connectivity index (χ0n) is 8.76. The third-order valence-electron chi connectivity index (χ3n) is 2.81. The summed E-state index contributed by atoms with van der Waals surface area (Å²) in [7, 11) is 1.36. The molecule has 0 aromatic heterocycles. The van der Waals surface area contributed by atoms with Crippen LogP contribution < -0.4 is 4.74 Å². The number of hydrogen-bond donors (Lipinski definition) is 2. The van der Waals surface area contributed by atoms with Crippen LogP contribution in [-0.4, -0.2) is 22.9 Å². The van der Waals surface area contributed by atoms with E-state index in [9.17, 15) is 14.6 Å². The van der Waals surface area contributed by atoms with Crippen LogP contribution in [0, 0.1) is 5.82 Å². The number of phenols is 1. The summed E-state index contributed by atoms with van der Waals surface area (Å²) in [5.74, 6) is -0.541. The summed E-state index contributed by atoms with van der Waals surface area (Å²) in [5, 5.41) is 19.4. The van der Waals surface area contributed by atoms with E-state index < -0.39 is 11.4 Å². The minimum Gasteiger partial charge on any atom is -0.503 e. The van der Waals surface area contributed by atoms with Crippen LogP contribution in [0.15, 0.2) is 10.5 Å². The number of hydrogen-bond acceptors (Lipinski definition) is 3. The van der Waals surface area contributed by atoms with E-state index in [1.807, 2.05) is 0 Å². The topological polar surface area (TPSA) is 49.7 Å². The Morgan fingerprint density at radius 3 is 2.69 bits per heavy atom. The number of methoxy groups -OCH3 is 1. The lowest BCUT2D eigenvalue weighted by molar-refractivity contribution is 0.149. The van der Waals surface area contributed by atoms with E-state index in [1.165, 1.54) is 7.11 Å². The van der Waals surface area contributed by atoms with Crippen LogP contribution in [0.1, 0.15) is 18.4 Å². The van der Waals surface area contributed by atoms with E-state index in [0.717, 1.165) is 6.07 Å². The summed E-state index contributed by atoms with van der Waals surface area (Å²) < 4.78 is 18.8. The molecule has 0 spiro atoms. The number of aromatic hydroxyl groups is 1. The maximum absolute atomic E-state index is 13.7. The Balaban J connectivity index is 2.41. The fourth-order valence-corrected chi connectivity index (χ4v) is 2.12. The fraction of sp³-hybridized carbons (Fsp3) is 0.455. The summed E-state index contributed by atoms with van der Waals surface area (Å²) in [6, 6.07) is 1.13. The Morgan fingerprint density at radius 2 is 2.19 bits per heavy atom. The molecule has 0 atom stereocenters. The van der Waals surface area contributed by atoms with Gasteiger partial charge in [0.05, 0.1) is 17.2 Å². The molecule has 3 nitrogen and oxygen atoms in total. The van der Waals surface area contributed by atoms with Crippen LogP contribution in [0.3, 0.4) is 0 Å². The van der Waals surface area contributed by atoms with E-state index >= 15 is 0 Å². The van der Waals surface area contributed by atoms with E-state index in [4.69, 9.17) is 4.74 Å². The normalized spacial score (nSPS) is 17.2. The van der Waals surface area contributed by atoms with Gasteiger partial charge in [0.2, 0.25) is 0 Å². The first kappa shape index (κ1) is 11.7. The highest BCUT2D eigenvalue weighted by Crippen LogP contribution is 2.44. The number of rotatable bonds is 3. The average Bonchev–Trinajstić information content (AvgIpc) is 2.97. The zero-order chi connectivity index (χ0) is 11.9. The maximum Gasteiger partial charge on any atom is 0.172 e. The van der Waals surface area contributed by atoms with Crippen LogP contribution in [0.5, 0.6) is 11.5 Å². The van der Waals surface area contributed by atoms with E-state index in [0.29, 0.717) is 18.4 Å². The van der Waals surface area contributed by atoms with Gasteiger partial charge in [0.15, 0.2) is 11.5 Å². The van der Waals surface area contributed by atoms with Gasteiger partial charge in [-0.15, -0.1) is 0 Å². The highest BCUT2D eigenvalue weighted by Gasteiger charge is 2.41. The molecule has 16 heavy (non-hydrogen) atoms. The van der Waals surface area contributed by atoms with Crippen molar-refractivity contribution in [2.24, 2.45) is 0 Å². The summed E-state index contributed by atoms with van der Waals surface area (Å²) >= 11 is 3.12. The van der Waals surface area contributed by atoms with Crippen molar-refractivity contribution in [2.75, 3.05) is 7.11 Å². The molecule has 5 heteroatoms. The number of phenolic OH excluding ortho intramolecular Hbond substituents is 1. The van der Waals surface area contributed by atoms with Gasteiger partial charge in [-0.2, -0.15) is 0 Å². The lowest BCUT2D eigenvalue weighted by atomic mass is 10.1. The minimum absolute atomic E-state index is 0.0795. The first-order chi connectivity index (χ1) is 7.47. The lowest BCUT2D eigenvalue weighted by Gasteiger charge is -2.13. The number of benzene rings is 1. The molecule has 1 aliphatic carbocycles. The summed E-state index contributed by atoms with van der Waals surface area (Å²) in [5.41, 5.74) is -0.511. The second kappa shape index (κ2) is 3.89. The first-order valence-electron chi connectivity index (χ1n) is 4.93. The van der Waals surface area contributed by atoms with Gasteiger partial charge in [0.1, 0.15) is 5.82 Å². The highest BCUT2D eigenvalue weighted by molar-refractivity contribution is 9.10. The summed E-state index contributed by atoms with van der Waals surface area (Å²) in [6.45, 7) is 0. The third kappa shape index (κ3) is 2.01. The van der Waals surface area contributed by atoms with Crippen LogP contribution in [0.25, 0.3) is 0 Å². The molecule has 1 saturated carbocycles. The van der Waals surface area contributed by atoms with Gasteiger partial charge in [-0.05, 0) is 28.8 Å². The van der Waals surface area contributed by atoms with Crippen molar-refractivity contribution in [1.29, 1.82) is 0 Å². The monoisotopic (exact) mass is 290 g/mol. The Labute approximate surface area is 101 Å². The molecule has 0 amide bonds. The molecule has 1 aliphatic rings. The predicted molar refractivity (Wildman–Crippen MR) is 60.2 cm³/mol. The van der Waals surface area contributed by atoms with Gasteiger partial charge in [-0.1, -0.05) is 0 Å². The van der Waals surface area contributed by atoms with Crippen molar-refractivity contribution in [2.45, 2.75) is 24.9 Å². The van der Waals surface area contributed by atoms with Gasteiger partial charge in [0, 0.05) is 18.1 Å². The maximum atomic E-state index is 13.7. The molecule has 0 saturated heterocycles. The van der Waals surface area contributed by atoms with Gasteiger partial charge >= 0.3 is 0 Å². The van der Waals surface area contributed by atoms with Crippen LogP contribution in [-0.2, 0) is 6.42 Å². The quantitative estimate of drug-likeness (QED) is 0.899. The molecule has 0 unspecified atom stereocenters. The fourth-order valence-electron chi connectivity index (χ4n) is 1.59. The van der Waals surface area contributed by atoms with Crippen molar-refractivity contribution in [3.8, 4) is 11.5 Å². The molecule has 1 fully saturated rings. The van der Waals surface area contributed by atoms with Gasteiger partial charge in [-0.25, -0.2) is 4.39 Å². The highest BCUT2D eigenvalue weighted by atomic mass is 79.9. The molecule has 2 N–H and O–H groups in total. The standard InChI is InChI=1S/C11H12BrFO3/c1-16-8-4-7(13)6(9(12)10(8)14)5-11(15)2-3-11/h4,14-15H,2-3,5H2,1H3. The SMILES string of the molecule is COc1cc(F)c(CC2(O)CC2)c(Br)c1O. The van der Waals surface area contributed by atoms with E-state index in [2.05, 4.69) is 15.9 Å². The van der Waals surface area contributed by atoms with Gasteiger partial charge in [0.25, 0.3) is 0 Å². The third-order valence-corrected chi connectivity index (χ3v) is 3.66. The predicted octanol–water partition coefficient (Wildman–Crippen LogP) is 2.37. The van der Waals surface area contributed by atoms with E-state index in [-0.39, 0.29) is 22.4 Å². The summed E-state index contributed by atoms with van der Waals surface area (Å²) in [4.78, 5) is 0. The van der Waals surface area contributed by atoms with Gasteiger partial charge in [-0.3, -0.25) is 0 Å². The smallest absolute Gasteiger partial charge is 0.172 e. The largest absolute Gasteiger partial charge is 0.503 e. The first-order valence-corrected chi connectivity index (χ1v) is 5.72. The lowest BCUT2D eigenvalue weighted by Crippen LogP contribution is -2.12. The molecule has 2 rings (SSSR count). The molecule has 1 aromatic carbocycles. The van der Waals surface area contributed by atoms with Crippen molar-refractivity contribution in [3.63, 3.8) is 0 Å². The van der Waals surface area contributed by atoms with Crippen molar-refractivity contribution in [1.82, 2.24) is 0 Å². The number of ether oxygens (including phenoxy) is 1. The Bertz CT molecular complexity index is 430. The molecule has 0 aliphatic heterocycles. The number of aliphatic hydroxyl groups is 1. The Kier molecular flexibility index (Phi) is 2.84. The average molecular weight is 291 g/mol.